The molecule has 0 bridgehead atoms. The first-order chi connectivity index (χ1) is 23.8. The van der Waals surface area contributed by atoms with Gasteiger partial charge in [0.1, 0.15) is 6.73 Å². The summed E-state index contributed by atoms with van der Waals surface area (Å²) in [4.78, 5) is 11.7. The van der Waals surface area contributed by atoms with Crippen LogP contribution in [0.2, 0.25) is 0 Å². The van der Waals surface area contributed by atoms with Crippen molar-refractivity contribution < 1.29 is 14.5 Å². The Labute approximate surface area is 303 Å². The fraction of sp³-hybridized carbons (Fsp3) is 1.00. The van der Waals surface area contributed by atoms with E-state index in [-0.39, 0.29) is 6.10 Å². The summed E-state index contributed by atoms with van der Waals surface area (Å²) in [6.45, 7) is 11.2. The van der Waals surface area contributed by atoms with Crippen molar-refractivity contribution in [2.75, 3.05) is 19.9 Å². The predicted octanol–water partition coefficient (Wildman–Crippen LogP) is 15.0. The highest BCUT2D eigenvalue weighted by Crippen LogP contribution is 2.19. The molecule has 290 valence electrons. The van der Waals surface area contributed by atoms with Crippen LogP contribution in [0.4, 0.5) is 0 Å². The molecule has 4 nitrogen and oxygen atoms in total. The van der Waals surface area contributed by atoms with Gasteiger partial charge in [0.2, 0.25) is 0 Å². The number of hydrogen-bond donors (Lipinski definition) is 1. The number of unbranched alkanes of at least 4 members (excludes halogenated alkanes) is 27. The van der Waals surface area contributed by atoms with E-state index in [9.17, 15) is 0 Å². The van der Waals surface area contributed by atoms with Gasteiger partial charge in [-0.05, 0) is 25.7 Å². The average Bonchev–Trinajstić information content (AvgIpc) is 3.10. The lowest BCUT2D eigenvalue weighted by Crippen LogP contribution is -2.26. The fourth-order valence-corrected chi connectivity index (χ4v) is 6.94. The van der Waals surface area contributed by atoms with E-state index >= 15 is 0 Å². The first-order valence-corrected chi connectivity index (χ1v) is 22.4. The minimum absolute atomic E-state index is 0.237. The van der Waals surface area contributed by atoms with Crippen molar-refractivity contribution in [3.8, 4) is 0 Å². The topological polar surface area (TPSA) is 39.7 Å². The zero-order chi connectivity index (χ0) is 34.9. The van der Waals surface area contributed by atoms with E-state index in [1.165, 1.54) is 212 Å². The summed E-state index contributed by atoms with van der Waals surface area (Å²) in [5.41, 5.74) is 0. The molecule has 0 amide bonds. The lowest BCUT2D eigenvalue weighted by Gasteiger charge is -2.19. The SMILES string of the molecule is CCCCCCCCCCCC(CCCCCCCCC)OOCNCCOC(CCCCCCCCC)CCCCCCCCCC. The van der Waals surface area contributed by atoms with E-state index in [0.29, 0.717) is 12.8 Å². The Kier molecular flexibility index (Phi) is 42.9. The van der Waals surface area contributed by atoms with E-state index in [0.717, 1.165) is 26.0 Å². The summed E-state index contributed by atoms with van der Waals surface area (Å²) in [5, 5.41) is 3.42. The van der Waals surface area contributed by atoms with Gasteiger partial charge in [0, 0.05) is 6.54 Å². The van der Waals surface area contributed by atoms with Crippen LogP contribution in [0.1, 0.15) is 252 Å². The molecule has 4 heteroatoms. The highest BCUT2D eigenvalue weighted by atomic mass is 17.2. The zero-order valence-electron chi connectivity index (χ0n) is 33.7. The Morgan fingerprint density at radius 2 is 0.646 bits per heavy atom. The van der Waals surface area contributed by atoms with Gasteiger partial charge in [0.15, 0.2) is 0 Å². The second-order valence-corrected chi connectivity index (χ2v) is 15.2. The second-order valence-electron chi connectivity index (χ2n) is 15.2. The van der Waals surface area contributed by atoms with E-state index in [1.807, 2.05) is 0 Å². The molecule has 0 aliphatic carbocycles. The number of nitrogens with one attached hydrogen (secondary N) is 1. The largest absolute Gasteiger partial charge is 0.377 e. The standard InChI is InChI=1S/C44H91NO3/c1-5-9-13-17-21-23-27-31-35-39-44(38-34-30-25-20-16-12-8-4)48-47-42-45-40-41-46-43(36-32-28-24-19-15-11-7-3)37-33-29-26-22-18-14-10-6-2/h43-45H,5-42H2,1-4H3. The van der Waals surface area contributed by atoms with E-state index < -0.39 is 0 Å². The molecule has 0 aromatic rings. The molecule has 0 aliphatic rings. The fourth-order valence-electron chi connectivity index (χ4n) is 6.94. The molecule has 0 spiro atoms. The summed E-state index contributed by atoms with van der Waals surface area (Å²) >= 11 is 0. The number of rotatable bonds is 43. The van der Waals surface area contributed by atoms with Gasteiger partial charge in [0.25, 0.3) is 0 Å². The van der Waals surface area contributed by atoms with Gasteiger partial charge >= 0.3 is 0 Å². The van der Waals surface area contributed by atoms with Gasteiger partial charge in [-0.15, -0.1) is 0 Å². The van der Waals surface area contributed by atoms with Gasteiger partial charge in [-0.2, -0.15) is 0 Å². The van der Waals surface area contributed by atoms with Crippen LogP contribution in [0.3, 0.4) is 0 Å². The molecule has 2 unspecified atom stereocenters. The maximum Gasteiger partial charge on any atom is 0.133 e. The molecular weight excluding hydrogens is 590 g/mol. The van der Waals surface area contributed by atoms with E-state index in [2.05, 4.69) is 33.0 Å². The third kappa shape index (κ3) is 38.6. The Bertz CT molecular complexity index is 559. The highest BCUT2D eigenvalue weighted by Gasteiger charge is 2.12. The Balaban J connectivity index is 4.29. The zero-order valence-corrected chi connectivity index (χ0v) is 33.7. The molecular formula is C44H91NO3. The molecule has 0 fully saturated rings. The third-order valence-corrected chi connectivity index (χ3v) is 10.3. The minimum Gasteiger partial charge on any atom is -0.377 e. The molecule has 0 aromatic carbocycles. The molecule has 0 aromatic heterocycles. The lowest BCUT2D eigenvalue weighted by atomic mass is 10.0. The molecule has 0 rings (SSSR count). The molecule has 0 aliphatic heterocycles. The summed E-state index contributed by atoms with van der Waals surface area (Å²) in [7, 11) is 0. The summed E-state index contributed by atoms with van der Waals surface area (Å²) in [5.74, 6) is 0. The molecule has 0 heterocycles. The van der Waals surface area contributed by atoms with Crippen LogP contribution < -0.4 is 5.32 Å². The lowest BCUT2D eigenvalue weighted by molar-refractivity contribution is -0.330. The quantitative estimate of drug-likeness (QED) is 0.0301. The van der Waals surface area contributed by atoms with Crippen LogP contribution in [0.15, 0.2) is 0 Å². The predicted molar refractivity (Wildman–Crippen MR) is 213 cm³/mol. The monoisotopic (exact) mass is 682 g/mol. The second kappa shape index (κ2) is 43.0. The maximum atomic E-state index is 6.43. The van der Waals surface area contributed by atoms with Crippen molar-refractivity contribution in [2.24, 2.45) is 0 Å². The van der Waals surface area contributed by atoms with Gasteiger partial charge in [0.05, 0.1) is 18.8 Å². The first-order valence-electron chi connectivity index (χ1n) is 22.4. The number of hydrogen-bond acceptors (Lipinski definition) is 4. The van der Waals surface area contributed by atoms with Gasteiger partial charge in [-0.3, -0.25) is 5.32 Å². The van der Waals surface area contributed by atoms with Gasteiger partial charge in [-0.1, -0.05) is 227 Å². The molecule has 0 radical (unpaired) electrons. The normalized spacial score (nSPS) is 13.0. The third-order valence-electron chi connectivity index (χ3n) is 10.3. The van der Waals surface area contributed by atoms with Crippen LogP contribution in [0.25, 0.3) is 0 Å². The van der Waals surface area contributed by atoms with E-state index in [1.54, 1.807) is 0 Å². The highest BCUT2D eigenvalue weighted by molar-refractivity contribution is 4.62. The van der Waals surface area contributed by atoms with Crippen LogP contribution in [0.5, 0.6) is 0 Å². The molecule has 0 saturated heterocycles. The van der Waals surface area contributed by atoms with Crippen molar-refractivity contribution in [1.82, 2.24) is 5.32 Å². The Morgan fingerprint density at radius 3 is 0.979 bits per heavy atom. The van der Waals surface area contributed by atoms with Crippen molar-refractivity contribution in [3.63, 3.8) is 0 Å². The van der Waals surface area contributed by atoms with Crippen LogP contribution in [-0.2, 0) is 14.5 Å². The first kappa shape index (κ1) is 47.8. The van der Waals surface area contributed by atoms with Crippen molar-refractivity contribution in [2.45, 2.75) is 265 Å². The van der Waals surface area contributed by atoms with Crippen molar-refractivity contribution in [1.29, 1.82) is 0 Å². The minimum atomic E-state index is 0.237. The van der Waals surface area contributed by atoms with Crippen molar-refractivity contribution >= 4 is 0 Å². The Morgan fingerprint density at radius 1 is 0.354 bits per heavy atom. The van der Waals surface area contributed by atoms with Gasteiger partial charge < -0.3 is 4.74 Å². The molecule has 48 heavy (non-hydrogen) atoms. The molecule has 0 saturated carbocycles. The van der Waals surface area contributed by atoms with Gasteiger partial charge in [-0.25, -0.2) is 9.78 Å². The van der Waals surface area contributed by atoms with Crippen LogP contribution >= 0.6 is 0 Å². The number of ether oxygens (including phenoxy) is 1. The molecule has 1 N–H and O–H groups in total. The smallest absolute Gasteiger partial charge is 0.133 e. The van der Waals surface area contributed by atoms with Crippen LogP contribution in [-0.4, -0.2) is 32.1 Å². The van der Waals surface area contributed by atoms with Crippen molar-refractivity contribution in [3.05, 3.63) is 0 Å². The Hall–Kier alpha value is -0.160. The summed E-state index contributed by atoms with van der Waals surface area (Å²) in [6.07, 6.45) is 47.9. The summed E-state index contributed by atoms with van der Waals surface area (Å²) < 4.78 is 6.43. The van der Waals surface area contributed by atoms with E-state index in [4.69, 9.17) is 14.5 Å². The molecule has 2 atom stereocenters. The maximum absolute atomic E-state index is 6.43. The average molecular weight is 682 g/mol. The summed E-state index contributed by atoms with van der Waals surface area (Å²) in [6, 6.07) is 0. The van der Waals surface area contributed by atoms with Crippen LogP contribution in [0, 0.1) is 0 Å².